The van der Waals surface area contributed by atoms with Crippen molar-refractivity contribution in [1.29, 1.82) is 0 Å². The molecular weight excluding hydrogens is 256 g/mol. The average Bonchev–Trinajstić information content (AvgIpc) is 2.89. The van der Waals surface area contributed by atoms with Crippen LogP contribution in [0.25, 0.3) is 0 Å². The van der Waals surface area contributed by atoms with Crippen LogP contribution in [-0.2, 0) is 6.42 Å². The van der Waals surface area contributed by atoms with Gasteiger partial charge in [0.25, 0.3) is 0 Å². The van der Waals surface area contributed by atoms with Crippen LogP contribution in [0.4, 0.5) is 0 Å². The van der Waals surface area contributed by atoms with Crippen LogP contribution in [0.3, 0.4) is 0 Å². The van der Waals surface area contributed by atoms with E-state index in [4.69, 9.17) is 11.6 Å². The van der Waals surface area contributed by atoms with Crippen molar-refractivity contribution in [3.63, 3.8) is 0 Å². The highest BCUT2D eigenvalue weighted by molar-refractivity contribution is 8.00. The number of halogens is 1. The Bertz CT molecular complexity index is 529. The van der Waals surface area contributed by atoms with Gasteiger partial charge in [-0.25, -0.2) is 4.98 Å². The van der Waals surface area contributed by atoms with Crippen LogP contribution in [0.2, 0.25) is 5.02 Å². The summed E-state index contributed by atoms with van der Waals surface area (Å²) in [6.45, 7) is 0. The smallest absolute Gasteiger partial charge is 0.107 e. The first-order chi connectivity index (χ1) is 8.24. The van der Waals surface area contributed by atoms with E-state index in [0.717, 1.165) is 22.7 Å². The van der Waals surface area contributed by atoms with Gasteiger partial charge in [0, 0.05) is 34.0 Å². The summed E-state index contributed by atoms with van der Waals surface area (Å²) >= 11 is 7.61. The number of fused-ring (bicyclic) bond motifs is 1. The lowest BCUT2D eigenvalue weighted by molar-refractivity contribution is 0.175. The van der Waals surface area contributed by atoms with Crippen LogP contribution < -0.4 is 0 Å². The SMILES string of the molecule is OC1c2ccc(Cl)cc2SC1Cc1ncc[nH]1. The highest BCUT2D eigenvalue weighted by Crippen LogP contribution is 2.45. The molecule has 2 aromatic rings. The third kappa shape index (κ3) is 2.08. The summed E-state index contributed by atoms with van der Waals surface area (Å²) in [7, 11) is 0. The van der Waals surface area contributed by atoms with E-state index in [1.54, 1.807) is 24.2 Å². The fourth-order valence-electron chi connectivity index (χ4n) is 2.04. The molecule has 0 amide bonds. The van der Waals surface area contributed by atoms with Crippen molar-refractivity contribution in [1.82, 2.24) is 9.97 Å². The lowest BCUT2D eigenvalue weighted by Gasteiger charge is -2.12. The highest BCUT2D eigenvalue weighted by Gasteiger charge is 2.32. The van der Waals surface area contributed by atoms with Gasteiger partial charge in [0.15, 0.2) is 0 Å². The van der Waals surface area contributed by atoms with Gasteiger partial charge in [0.05, 0.1) is 6.10 Å². The van der Waals surface area contributed by atoms with Gasteiger partial charge in [-0.05, 0) is 17.7 Å². The van der Waals surface area contributed by atoms with Crippen molar-refractivity contribution in [2.45, 2.75) is 22.7 Å². The number of H-pyrrole nitrogens is 1. The number of hydrogen-bond acceptors (Lipinski definition) is 3. The molecule has 0 bridgehead atoms. The minimum Gasteiger partial charge on any atom is -0.387 e. The summed E-state index contributed by atoms with van der Waals surface area (Å²) < 4.78 is 0. The van der Waals surface area contributed by atoms with Gasteiger partial charge >= 0.3 is 0 Å². The van der Waals surface area contributed by atoms with Crippen molar-refractivity contribution in [3.8, 4) is 0 Å². The fraction of sp³-hybridized carbons (Fsp3) is 0.250. The standard InChI is InChI=1S/C12H11ClN2OS/c13-7-1-2-8-9(5-7)17-10(12(8)16)6-11-14-3-4-15-11/h1-5,10,12,16H,6H2,(H,14,15). The van der Waals surface area contributed by atoms with Gasteiger partial charge < -0.3 is 10.1 Å². The Balaban J connectivity index is 1.83. The normalized spacial score (nSPS) is 22.7. The number of benzene rings is 1. The molecular formula is C12H11ClN2OS. The topological polar surface area (TPSA) is 48.9 Å². The number of aliphatic hydroxyl groups excluding tert-OH is 1. The molecule has 0 fully saturated rings. The van der Waals surface area contributed by atoms with Crippen LogP contribution in [0.15, 0.2) is 35.5 Å². The number of imidazole rings is 1. The van der Waals surface area contributed by atoms with Crippen LogP contribution in [0.5, 0.6) is 0 Å². The zero-order valence-corrected chi connectivity index (χ0v) is 10.5. The molecule has 0 aliphatic carbocycles. The molecule has 2 N–H and O–H groups in total. The maximum Gasteiger partial charge on any atom is 0.107 e. The third-order valence-electron chi connectivity index (χ3n) is 2.87. The number of thioether (sulfide) groups is 1. The molecule has 1 aliphatic rings. The summed E-state index contributed by atoms with van der Waals surface area (Å²) in [5.74, 6) is 0.903. The Kier molecular flexibility index (Phi) is 2.86. The molecule has 0 radical (unpaired) electrons. The van der Waals surface area contributed by atoms with E-state index in [-0.39, 0.29) is 5.25 Å². The van der Waals surface area contributed by atoms with Gasteiger partial charge in [-0.3, -0.25) is 0 Å². The molecule has 3 nitrogen and oxygen atoms in total. The summed E-state index contributed by atoms with van der Waals surface area (Å²) in [5, 5.41) is 11.0. The number of nitrogens with one attached hydrogen (secondary N) is 1. The fourth-order valence-corrected chi connectivity index (χ4v) is 3.64. The van der Waals surface area contributed by atoms with Crippen molar-refractivity contribution >= 4 is 23.4 Å². The molecule has 0 saturated carbocycles. The predicted molar refractivity (Wildman–Crippen MR) is 68.3 cm³/mol. The number of aromatic amines is 1. The quantitative estimate of drug-likeness (QED) is 0.879. The molecule has 2 unspecified atom stereocenters. The van der Waals surface area contributed by atoms with Gasteiger partial charge in [-0.1, -0.05) is 17.7 Å². The predicted octanol–water partition coefficient (Wildman–Crippen LogP) is 2.81. The van der Waals surface area contributed by atoms with E-state index >= 15 is 0 Å². The largest absolute Gasteiger partial charge is 0.387 e. The van der Waals surface area contributed by atoms with Crippen LogP contribution in [0.1, 0.15) is 17.5 Å². The number of nitrogens with zero attached hydrogens (tertiary/aromatic N) is 1. The first-order valence-electron chi connectivity index (χ1n) is 5.36. The number of aliphatic hydroxyl groups is 1. The first-order valence-corrected chi connectivity index (χ1v) is 6.62. The molecule has 0 spiro atoms. The molecule has 1 aliphatic heterocycles. The Morgan fingerprint density at radius 2 is 2.35 bits per heavy atom. The Morgan fingerprint density at radius 3 is 3.12 bits per heavy atom. The second kappa shape index (κ2) is 4.37. The van der Waals surface area contributed by atoms with Crippen LogP contribution in [-0.4, -0.2) is 20.3 Å². The van der Waals surface area contributed by atoms with Crippen molar-refractivity contribution < 1.29 is 5.11 Å². The number of rotatable bonds is 2. The van der Waals surface area contributed by atoms with E-state index in [2.05, 4.69) is 9.97 Å². The first kappa shape index (κ1) is 11.1. The van der Waals surface area contributed by atoms with E-state index < -0.39 is 6.10 Å². The lowest BCUT2D eigenvalue weighted by atomic mass is 10.1. The lowest BCUT2D eigenvalue weighted by Crippen LogP contribution is -2.13. The van der Waals surface area contributed by atoms with E-state index in [9.17, 15) is 5.11 Å². The van der Waals surface area contributed by atoms with Gasteiger partial charge in [-0.2, -0.15) is 0 Å². The summed E-state index contributed by atoms with van der Waals surface area (Å²) in [4.78, 5) is 8.32. The average molecular weight is 267 g/mol. The minimum atomic E-state index is -0.447. The van der Waals surface area contributed by atoms with E-state index in [0.29, 0.717) is 5.02 Å². The Hall–Kier alpha value is -0.970. The van der Waals surface area contributed by atoms with Gasteiger partial charge in [0.2, 0.25) is 0 Å². The third-order valence-corrected chi connectivity index (χ3v) is 4.44. The van der Waals surface area contributed by atoms with Crippen LogP contribution >= 0.6 is 23.4 Å². The second-order valence-corrected chi connectivity index (χ2v) is 5.74. The monoisotopic (exact) mass is 266 g/mol. The number of hydrogen-bond donors (Lipinski definition) is 2. The molecule has 1 aromatic carbocycles. The van der Waals surface area contributed by atoms with Crippen molar-refractivity contribution in [2.75, 3.05) is 0 Å². The molecule has 17 heavy (non-hydrogen) atoms. The molecule has 0 saturated heterocycles. The Morgan fingerprint density at radius 1 is 1.47 bits per heavy atom. The molecule has 2 heterocycles. The number of aromatic nitrogens is 2. The maximum absolute atomic E-state index is 10.2. The highest BCUT2D eigenvalue weighted by atomic mass is 35.5. The van der Waals surface area contributed by atoms with Gasteiger partial charge in [0.1, 0.15) is 5.82 Å². The molecule has 2 atom stereocenters. The second-order valence-electron chi connectivity index (χ2n) is 4.02. The van der Waals surface area contributed by atoms with Crippen molar-refractivity contribution in [2.24, 2.45) is 0 Å². The van der Waals surface area contributed by atoms with Crippen LogP contribution in [0, 0.1) is 0 Å². The zero-order chi connectivity index (χ0) is 11.8. The molecule has 88 valence electrons. The molecule has 3 rings (SSSR count). The molecule has 5 heteroatoms. The Labute approximate surface area is 108 Å². The van der Waals surface area contributed by atoms with E-state index in [1.165, 1.54) is 0 Å². The van der Waals surface area contributed by atoms with Crippen molar-refractivity contribution in [3.05, 3.63) is 47.0 Å². The maximum atomic E-state index is 10.2. The zero-order valence-electron chi connectivity index (χ0n) is 8.93. The molecule has 1 aromatic heterocycles. The summed E-state index contributed by atoms with van der Waals surface area (Å²) in [6, 6.07) is 5.63. The van der Waals surface area contributed by atoms with E-state index in [1.807, 2.05) is 18.2 Å². The minimum absolute atomic E-state index is 0.106. The summed E-state index contributed by atoms with van der Waals surface area (Å²) in [5.41, 5.74) is 0.968. The van der Waals surface area contributed by atoms with Gasteiger partial charge in [-0.15, -0.1) is 11.8 Å². The summed E-state index contributed by atoms with van der Waals surface area (Å²) in [6.07, 6.45) is 3.80.